The van der Waals surface area contributed by atoms with E-state index >= 15 is 0 Å². The Hall–Kier alpha value is -2.74. The van der Waals surface area contributed by atoms with Crippen molar-refractivity contribution in [2.45, 2.75) is 37.1 Å². The van der Waals surface area contributed by atoms with Crippen LogP contribution in [0.1, 0.15) is 25.3 Å². The molecule has 3 aromatic rings. The number of benzene rings is 3. The standard InChI is InChI=1S/C27H27Cl2NO5S/c1-16(30-25(31)13-20(27(34)35)14-26(32)33)21(10-17-6-9-23(28)24(29)11-17)15-36-22-8-7-18-4-2-3-5-19(18)12-22/h2-9,11-12,16,20-21H,10,13-15H2,1H3,(H,30,31)(H,32,33)(H,34,35). The van der Waals surface area contributed by atoms with E-state index < -0.39 is 36.6 Å². The van der Waals surface area contributed by atoms with Gasteiger partial charge in [-0.1, -0.05) is 59.6 Å². The Kier molecular flexibility index (Phi) is 10.0. The predicted molar refractivity (Wildman–Crippen MR) is 144 cm³/mol. The maximum Gasteiger partial charge on any atom is 0.307 e. The van der Waals surface area contributed by atoms with Crippen molar-refractivity contribution >= 4 is 63.6 Å². The lowest BCUT2D eigenvalue weighted by atomic mass is 9.94. The summed E-state index contributed by atoms with van der Waals surface area (Å²) in [6.07, 6.45) is -0.401. The lowest BCUT2D eigenvalue weighted by molar-refractivity contribution is -0.149. The molecule has 3 unspecified atom stereocenters. The van der Waals surface area contributed by atoms with Crippen molar-refractivity contribution in [1.82, 2.24) is 5.32 Å². The molecule has 0 fully saturated rings. The van der Waals surface area contributed by atoms with Crippen molar-refractivity contribution in [2.75, 3.05) is 5.75 Å². The number of halogens is 2. The minimum Gasteiger partial charge on any atom is -0.481 e. The van der Waals surface area contributed by atoms with Crippen LogP contribution in [0.4, 0.5) is 0 Å². The summed E-state index contributed by atoms with van der Waals surface area (Å²) in [5.41, 5.74) is 0.962. The van der Waals surface area contributed by atoms with E-state index in [-0.39, 0.29) is 12.0 Å². The van der Waals surface area contributed by atoms with Crippen LogP contribution in [0, 0.1) is 11.8 Å². The minimum absolute atomic E-state index is 0.0228. The third-order valence-corrected chi connectivity index (χ3v) is 7.89. The lowest BCUT2D eigenvalue weighted by Crippen LogP contribution is -2.41. The molecule has 0 spiro atoms. The molecule has 3 aromatic carbocycles. The van der Waals surface area contributed by atoms with Crippen molar-refractivity contribution < 1.29 is 24.6 Å². The van der Waals surface area contributed by atoms with Gasteiger partial charge in [-0.2, -0.15) is 0 Å². The van der Waals surface area contributed by atoms with Gasteiger partial charge in [-0.3, -0.25) is 14.4 Å². The Bertz CT molecular complexity index is 1250. The summed E-state index contributed by atoms with van der Waals surface area (Å²) in [5, 5.41) is 24.3. The highest BCUT2D eigenvalue weighted by Crippen LogP contribution is 2.29. The lowest BCUT2D eigenvalue weighted by Gasteiger charge is -2.26. The number of carboxylic acids is 2. The number of thioether (sulfide) groups is 1. The SMILES string of the molecule is CC(NC(=O)CC(CC(=O)O)C(=O)O)C(CSc1ccc2ccccc2c1)Cc1ccc(Cl)c(Cl)c1. The fraction of sp³-hybridized carbons (Fsp3) is 0.296. The van der Waals surface area contributed by atoms with Crippen LogP contribution in [0.25, 0.3) is 10.8 Å². The topological polar surface area (TPSA) is 104 Å². The zero-order valence-electron chi connectivity index (χ0n) is 19.6. The third kappa shape index (κ3) is 8.15. The Morgan fingerprint density at radius 3 is 2.31 bits per heavy atom. The maximum atomic E-state index is 12.6. The summed E-state index contributed by atoms with van der Waals surface area (Å²) in [6.45, 7) is 1.87. The van der Waals surface area contributed by atoms with E-state index in [1.165, 1.54) is 0 Å². The molecule has 0 aliphatic carbocycles. The molecule has 190 valence electrons. The Morgan fingerprint density at radius 2 is 1.64 bits per heavy atom. The normalized spacial score (nSPS) is 13.6. The molecule has 0 heterocycles. The van der Waals surface area contributed by atoms with Gasteiger partial charge in [0, 0.05) is 23.1 Å². The molecule has 9 heteroatoms. The van der Waals surface area contributed by atoms with Crippen LogP contribution < -0.4 is 5.32 Å². The van der Waals surface area contributed by atoms with Crippen LogP contribution >= 0.6 is 35.0 Å². The number of fused-ring (bicyclic) bond motifs is 1. The molecule has 3 N–H and O–H groups in total. The van der Waals surface area contributed by atoms with Crippen molar-refractivity contribution in [3.63, 3.8) is 0 Å². The fourth-order valence-electron chi connectivity index (χ4n) is 3.92. The molecule has 0 aromatic heterocycles. The van der Waals surface area contributed by atoms with E-state index in [9.17, 15) is 19.5 Å². The highest BCUT2D eigenvalue weighted by Gasteiger charge is 2.27. The quantitative estimate of drug-likeness (QED) is 0.234. The van der Waals surface area contributed by atoms with Gasteiger partial charge in [-0.05, 0) is 59.9 Å². The number of hydrogen-bond donors (Lipinski definition) is 3. The molecule has 0 aliphatic rings. The summed E-state index contributed by atoms with van der Waals surface area (Å²) < 4.78 is 0. The average molecular weight is 548 g/mol. The summed E-state index contributed by atoms with van der Waals surface area (Å²) in [4.78, 5) is 36.0. The van der Waals surface area contributed by atoms with Gasteiger partial charge in [-0.15, -0.1) is 11.8 Å². The molecule has 0 bridgehead atoms. The van der Waals surface area contributed by atoms with Crippen LogP contribution in [0.15, 0.2) is 65.6 Å². The van der Waals surface area contributed by atoms with Crippen LogP contribution in [0.2, 0.25) is 10.0 Å². The summed E-state index contributed by atoms with van der Waals surface area (Å²) in [5.74, 6) is -3.68. The second-order valence-electron chi connectivity index (χ2n) is 8.73. The monoisotopic (exact) mass is 547 g/mol. The Labute approximate surface area is 224 Å². The summed E-state index contributed by atoms with van der Waals surface area (Å²) in [6, 6.07) is 19.5. The number of carboxylic acid groups (broad SMARTS) is 2. The number of amides is 1. The van der Waals surface area contributed by atoms with Gasteiger partial charge in [0.05, 0.1) is 22.4 Å². The average Bonchev–Trinajstić information content (AvgIpc) is 2.82. The molecule has 1 amide bonds. The molecule has 0 aliphatic heterocycles. The summed E-state index contributed by atoms with van der Waals surface area (Å²) >= 11 is 13.9. The van der Waals surface area contributed by atoms with Crippen LogP contribution in [-0.2, 0) is 20.8 Å². The van der Waals surface area contributed by atoms with Crippen molar-refractivity contribution in [1.29, 1.82) is 0 Å². The number of nitrogens with one attached hydrogen (secondary N) is 1. The molecule has 0 saturated carbocycles. The molecule has 3 rings (SSSR count). The highest BCUT2D eigenvalue weighted by molar-refractivity contribution is 7.99. The van der Waals surface area contributed by atoms with E-state index in [1.807, 2.05) is 25.1 Å². The van der Waals surface area contributed by atoms with E-state index in [0.29, 0.717) is 22.2 Å². The van der Waals surface area contributed by atoms with Crippen molar-refractivity contribution in [2.24, 2.45) is 11.8 Å². The van der Waals surface area contributed by atoms with Crippen LogP contribution in [0.5, 0.6) is 0 Å². The van der Waals surface area contributed by atoms with Crippen LogP contribution in [-0.4, -0.2) is 39.9 Å². The van der Waals surface area contributed by atoms with E-state index in [0.717, 1.165) is 21.2 Å². The predicted octanol–water partition coefficient (Wildman–Crippen LogP) is 6.17. The number of carbonyl (C=O) groups excluding carboxylic acids is 1. The van der Waals surface area contributed by atoms with Gasteiger partial charge in [0.25, 0.3) is 0 Å². The van der Waals surface area contributed by atoms with Gasteiger partial charge < -0.3 is 15.5 Å². The molecular formula is C27H27Cl2NO5S. The van der Waals surface area contributed by atoms with Crippen LogP contribution in [0.3, 0.4) is 0 Å². The van der Waals surface area contributed by atoms with Gasteiger partial charge in [0.2, 0.25) is 5.91 Å². The zero-order valence-corrected chi connectivity index (χ0v) is 21.9. The second-order valence-corrected chi connectivity index (χ2v) is 10.6. The highest BCUT2D eigenvalue weighted by atomic mass is 35.5. The van der Waals surface area contributed by atoms with Gasteiger partial charge >= 0.3 is 11.9 Å². The van der Waals surface area contributed by atoms with Crippen molar-refractivity contribution in [3.8, 4) is 0 Å². The van der Waals surface area contributed by atoms with Gasteiger partial charge in [0.1, 0.15) is 0 Å². The number of aliphatic carboxylic acids is 2. The fourth-order valence-corrected chi connectivity index (χ4v) is 5.43. The molecule has 3 atom stereocenters. The maximum absolute atomic E-state index is 12.6. The first-order valence-corrected chi connectivity index (χ1v) is 13.2. The first kappa shape index (κ1) is 27.8. The van der Waals surface area contributed by atoms with Gasteiger partial charge in [0.15, 0.2) is 0 Å². The first-order chi connectivity index (χ1) is 17.1. The van der Waals surface area contributed by atoms with E-state index in [1.54, 1.807) is 23.9 Å². The number of rotatable bonds is 12. The molecule has 0 radical (unpaired) electrons. The van der Waals surface area contributed by atoms with Gasteiger partial charge in [-0.25, -0.2) is 0 Å². The molecule has 36 heavy (non-hydrogen) atoms. The minimum atomic E-state index is -1.31. The smallest absolute Gasteiger partial charge is 0.307 e. The zero-order chi connectivity index (χ0) is 26.2. The summed E-state index contributed by atoms with van der Waals surface area (Å²) in [7, 11) is 0. The second kappa shape index (κ2) is 13.0. The third-order valence-electron chi connectivity index (χ3n) is 5.96. The van der Waals surface area contributed by atoms with Crippen molar-refractivity contribution in [3.05, 3.63) is 76.3 Å². The largest absolute Gasteiger partial charge is 0.481 e. The Balaban J connectivity index is 1.73. The molecule has 6 nitrogen and oxygen atoms in total. The molecule has 0 saturated heterocycles. The Morgan fingerprint density at radius 1 is 0.917 bits per heavy atom. The number of carbonyl (C=O) groups is 3. The first-order valence-electron chi connectivity index (χ1n) is 11.4. The van der Waals surface area contributed by atoms with E-state index in [4.69, 9.17) is 28.3 Å². The number of hydrogen-bond acceptors (Lipinski definition) is 4. The molecular weight excluding hydrogens is 521 g/mol. The van der Waals surface area contributed by atoms with E-state index in [2.05, 4.69) is 35.6 Å².